The third-order valence-electron chi connectivity index (χ3n) is 4.42. The number of carbonyl (C=O) groups is 2. The van der Waals surface area contributed by atoms with E-state index in [4.69, 9.17) is 23.2 Å². The number of carbonyl (C=O) groups excluding carboxylic acids is 1. The Hall–Kier alpha value is -1.67. The van der Waals surface area contributed by atoms with Crippen LogP contribution >= 0.6 is 23.2 Å². The van der Waals surface area contributed by atoms with Gasteiger partial charge in [-0.15, -0.1) is 11.6 Å². The number of esters is 1. The van der Waals surface area contributed by atoms with Crippen molar-refractivity contribution in [3.05, 3.63) is 35.6 Å². The van der Waals surface area contributed by atoms with Gasteiger partial charge in [0.15, 0.2) is 10.9 Å². The number of hydrogen-bond donors (Lipinski definition) is 1. The molecule has 2 aliphatic rings. The molecule has 2 rings (SSSR count). The van der Waals surface area contributed by atoms with E-state index in [1.54, 1.807) is 6.08 Å². The maximum Gasteiger partial charge on any atom is 0.411 e. The lowest BCUT2D eigenvalue weighted by Crippen LogP contribution is -2.67. The van der Waals surface area contributed by atoms with Crippen molar-refractivity contribution in [1.82, 2.24) is 4.90 Å². The van der Waals surface area contributed by atoms with Crippen molar-refractivity contribution in [2.45, 2.75) is 41.9 Å². The molecule has 3 atom stereocenters. The minimum absolute atomic E-state index is 0.0456. The van der Waals surface area contributed by atoms with Crippen molar-refractivity contribution in [1.29, 1.82) is 0 Å². The molecule has 0 bridgehead atoms. The fraction of sp³-hybridized carbons (Fsp3) is 0.500. The smallest absolute Gasteiger partial charge is 0.411 e. The van der Waals surface area contributed by atoms with Crippen LogP contribution in [0.3, 0.4) is 0 Å². The molecule has 0 aromatic rings. The zero-order valence-corrected chi connectivity index (χ0v) is 15.3. The summed E-state index contributed by atoms with van der Waals surface area (Å²) >= 11 is 12.6. The molecule has 0 fully saturated rings. The van der Waals surface area contributed by atoms with Gasteiger partial charge in [0.2, 0.25) is 0 Å². The number of methoxy groups -OCH3 is 1. The second-order valence-corrected chi connectivity index (χ2v) is 7.35. The molecular weight excluding hydrogens is 398 g/mol. The first kappa shape index (κ1) is 20.6. The van der Waals surface area contributed by atoms with E-state index in [0.29, 0.717) is 4.90 Å². The summed E-state index contributed by atoms with van der Waals surface area (Å²) < 4.78 is 46.5. The van der Waals surface area contributed by atoms with Gasteiger partial charge in [-0.3, -0.25) is 4.79 Å². The van der Waals surface area contributed by atoms with Gasteiger partial charge in [0, 0.05) is 18.5 Å². The molecule has 3 unspecified atom stereocenters. The highest BCUT2D eigenvalue weighted by atomic mass is 35.5. The van der Waals surface area contributed by atoms with Crippen LogP contribution in [0.5, 0.6) is 0 Å². The Kier molecular flexibility index (Phi) is 5.41. The number of carboxylic acids is 1. The highest BCUT2D eigenvalue weighted by Crippen LogP contribution is 2.51. The van der Waals surface area contributed by atoms with Gasteiger partial charge in [0.25, 0.3) is 0 Å². The lowest BCUT2D eigenvalue weighted by atomic mass is 9.82. The Morgan fingerprint density at radius 2 is 1.96 bits per heavy atom. The highest BCUT2D eigenvalue weighted by Gasteiger charge is 2.66. The van der Waals surface area contributed by atoms with Gasteiger partial charge in [0.1, 0.15) is 5.00 Å². The van der Waals surface area contributed by atoms with Gasteiger partial charge in [-0.25, -0.2) is 4.79 Å². The fourth-order valence-corrected chi connectivity index (χ4v) is 4.09. The van der Waals surface area contributed by atoms with E-state index in [-0.39, 0.29) is 12.1 Å². The van der Waals surface area contributed by atoms with E-state index in [0.717, 1.165) is 7.11 Å². The normalized spacial score (nSPS) is 32.0. The lowest BCUT2D eigenvalue weighted by molar-refractivity contribution is -0.203. The topological polar surface area (TPSA) is 66.8 Å². The molecule has 1 heterocycles. The zero-order valence-electron chi connectivity index (χ0n) is 13.8. The molecule has 1 aliphatic heterocycles. The monoisotopic (exact) mass is 413 g/mol. The number of alkyl halides is 5. The van der Waals surface area contributed by atoms with Gasteiger partial charge in [-0.1, -0.05) is 29.8 Å². The minimum Gasteiger partial charge on any atom is -0.478 e. The minimum atomic E-state index is -4.99. The summed E-state index contributed by atoms with van der Waals surface area (Å²) in [5.41, 5.74) is -0.649. The van der Waals surface area contributed by atoms with Crippen LogP contribution in [0.4, 0.5) is 13.2 Å². The molecule has 0 spiro atoms. The third-order valence-corrected chi connectivity index (χ3v) is 5.38. The summed E-state index contributed by atoms with van der Waals surface area (Å²) in [6, 6.07) is -2.58. The molecule has 0 saturated heterocycles. The summed E-state index contributed by atoms with van der Waals surface area (Å²) in [6.45, 7) is 1.21. The Bertz CT molecular complexity index is 719. The van der Waals surface area contributed by atoms with Crippen LogP contribution in [0.15, 0.2) is 35.6 Å². The molecule has 0 radical (unpaired) electrons. The van der Waals surface area contributed by atoms with Gasteiger partial charge in [-0.05, 0) is 13.0 Å². The highest BCUT2D eigenvalue weighted by molar-refractivity contribution is 6.35. The van der Waals surface area contributed by atoms with Crippen molar-refractivity contribution in [2.75, 3.05) is 7.11 Å². The first-order valence-electron chi connectivity index (χ1n) is 7.48. The molecule has 10 heteroatoms. The van der Waals surface area contributed by atoms with Crippen LogP contribution in [0.25, 0.3) is 0 Å². The Morgan fingerprint density at radius 3 is 2.38 bits per heavy atom. The molecule has 144 valence electrons. The predicted molar refractivity (Wildman–Crippen MR) is 88.7 cm³/mol. The van der Waals surface area contributed by atoms with E-state index in [9.17, 15) is 27.9 Å². The van der Waals surface area contributed by atoms with Gasteiger partial charge in [0.05, 0.1) is 12.7 Å². The number of rotatable bonds is 3. The molecule has 26 heavy (non-hydrogen) atoms. The Morgan fingerprint density at radius 1 is 1.35 bits per heavy atom. The van der Waals surface area contributed by atoms with Crippen molar-refractivity contribution in [2.24, 2.45) is 0 Å². The molecule has 0 saturated carbocycles. The second kappa shape index (κ2) is 6.81. The number of hydrogen-bond acceptors (Lipinski definition) is 4. The van der Waals surface area contributed by atoms with E-state index < -0.39 is 46.0 Å². The van der Waals surface area contributed by atoms with Gasteiger partial charge < -0.3 is 14.7 Å². The lowest BCUT2D eigenvalue weighted by Gasteiger charge is -2.52. The van der Waals surface area contributed by atoms with Gasteiger partial charge >= 0.3 is 18.1 Å². The molecule has 5 nitrogen and oxygen atoms in total. The predicted octanol–water partition coefficient (Wildman–Crippen LogP) is 3.58. The van der Waals surface area contributed by atoms with Crippen molar-refractivity contribution < 1.29 is 32.6 Å². The summed E-state index contributed by atoms with van der Waals surface area (Å²) in [7, 11) is 0.884. The van der Waals surface area contributed by atoms with Gasteiger partial charge in [-0.2, -0.15) is 13.2 Å². The number of halogens is 5. The Balaban J connectivity index is 2.78. The molecule has 1 aliphatic carbocycles. The van der Waals surface area contributed by atoms with Crippen LogP contribution in [0, 0.1) is 0 Å². The standard InChI is InChI=1S/C16H16Cl2F3NO4/c1-9-10(11(23)24)8-15(18,13(25)26-2)12(16(19,20)21)22(9)14(17)6-4-3-5-7-14/h3-6,12H,7-8H2,1-2H3,(H,23,24). The molecule has 1 N–H and O–H groups in total. The van der Waals surface area contributed by atoms with E-state index >= 15 is 0 Å². The summed E-state index contributed by atoms with van der Waals surface area (Å²) in [5.74, 6) is -2.87. The first-order valence-corrected chi connectivity index (χ1v) is 8.24. The summed E-state index contributed by atoms with van der Waals surface area (Å²) in [5, 5.41) is 9.43. The van der Waals surface area contributed by atoms with E-state index in [1.165, 1.54) is 25.2 Å². The number of ether oxygens (including phenoxy) is 1. The SMILES string of the molecule is COC(=O)C1(Cl)CC(C(=O)O)=C(C)N(C2(Cl)C=CC=CC2)C1C(F)(F)F. The maximum absolute atomic E-state index is 14.0. The Labute approximate surface area is 157 Å². The average Bonchev–Trinajstić information content (AvgIpc) is 2.54. The molecule has 0 aromatic heterocycles. The van der Waals surface area contributed by atoms with Crippen molar-refractivity contribution >= 4 is 35.1 Å². The third kappa shape index (κ3) is 3.32. The fourth-order valence-electron chi connectivity index (χ4n) is 3.27. The molecule has 0 amide bonds. The van der Waals surface area contributed by atoms with Crippen molar-refractivity contribution in [3.63, 3.8) is 0 Å². The quantitative estimate of drug-likeness (QED) is 0.435. The number of allylic oxidation sites excluding steroid dienone is 3. The number of aliphatic carboxylic acids is 1. The van der Waals surface area contributed by atoms with Crippen LogP contribution in [0.2, 0.25) is 0 Å². The first-order chi connectivity index (χ1) is 11.9. The summed E-state index contributed by atoms with van der Waals surface area (Å²) in [4.78, 5) is 20.0. The number of nitrogens with zero attached hydrogens (tertiary/aromatic N) is 1. The molecule has 0 aromatic carbocycles. The van der Waals surface area contributed by atoms with Crippen LogP contribution in [-0.2, 0) is 14.3 Å². The van der Waals surface area contributed by atoms with E-state index in [1.807, 2.05) is 0 Å². The van der Waals surface area contributed by atoms with Crippen LogP contribution < -0.4 is 0 Å². The van der Waals surface area contributed by atoms with E-state index in [2.05, 4.69) is 4.74 Å². The molecular formula is C16H16Cl2F3NO4. The largest absolute Gasteiger partial charge is 0.478 e. The van der Waals surface area contributed by atoms with Crippen molar-refractivity contribution in [3.8, 4) is 0 Å². The number of carboxylic acid groups (broad SMARTS) is 1. The van der Waals surface area contributed by atoms with Crippen LogP contribution in [0.1, 0.15) is 19.8 Å². The second-order valence-electron chi connectivity index (χ2n) is 6.02. The van der Waals surface area contributed by atoms with Crippen LogP contribution in [-0.4, -0.2) is 51.1 Å². The average molecular weight is 414 g/mol. The summed E-state index contributed by atoms with van der Waals surface area (Å²) in [6.07, 6.45) is -0.00435. The maximum atomic E-state index is 14.0. The zero-order chi connectivity index (χ0) is 19.9.